The summed E-state index contributed by atoms with van der Waals surface area (Å²) >= 11 is 3.39. The van der Waals surface area contributed by atoms with Crippen LogP contribution < -0.4 is 5.73 Å². The largest absolute Gasteiger partial charge is 0.398 e. The Morgan fingerprint density at radius 2 is 2.06 bits per heavy atom. The highest BCUT2D eigenvalue weighted by Crippen LogP contribution is 2.28. The molecule has 2 rings (SSSR count). The molecule has 0 amide bonds. The van der Waals surface area contributed by atoms with Gasteiger partial charge in [0.15, 0.2) is 5.78 Å². The van der Waals surface area contributed by atoms with Gasteiger partial charge in [0.2, 0.25) is 0 Å². The number of benzene rings is 1. The summed E-state index contributed by atoms with van der Waals surface area (Å²) in [5, 5.41) is 0. The van der Waals surface area contributed by atoms with Crippen LogP contribution in [0.25, 0.3) is 0 Å². The van der Waals surface area contributed by atoms with Gasteiger partial charge in [0.1, 0.15) is 0 Å². The molecule has 0 aliphatic heterocycles. The zero-order chi connectivity index (χ0) is 12.3. The Kier molecular flexibility index (Phi) is 4.00. The summed E-state index contributed by atoms with van der Waals surface area (Å²) in [6, 6.07) is 5.45. The molecule has 0 atom stereocenters. The van der Waals surface area contributed by atoms with E-state index in [0.29, 0.717) is 11.3 Å². The fraction of sp³-hybridized carbons (Fsp3) is 0.357. The number of ketones is 1. The molecule has 0 saturated heterocycles. The van der Waals surface area contributed by atoms with E-state index >= 15 is 0 Å². The van der Waals surface area contributed by atoms with Gasteiger partial charge in [0.05, 0.1) is 4.47 Å². The van der Waals surface area contributed by atoms with Gasteiger partial charge in [-0.25, -0.2) is 0 Å². The molecular weight excluding hydrogens is 278 g/mol. The lowest BCUT2D eigenvalue weighted by Gasteiger charge is -2.08. The van der Waals surface area contributed by atoms with Gasteiger partial charge in [-0.3, -0.25) is 4.79 Å². The topological polar surface area (TPSA) is 43.1 Å². The summed E-state index contributed by atoms with van der Waals surface area (Å²) in [5.74, 6) is 0.117. The number of anilines is 1. The monoisotopic (exact) mass is 293 g/mol. The third kappa shape index (κ3) is 2.78. The highest BCUT2D eigenvalue weighted by molar-refractivity contribution is 9.10. The number of rotatable bonds is 2. The van der Waals surface area contributed by atoms with Crippen LogP contribution in [0.15, 0.2) is 34.3 Å². The first kappa shape index (κ1) is 12.4. The maximum atomic E-state index is 12.4. The van der Waals surface area contributed by atoms with E-state index in [4.69, 9.17) is 5.73 Å². The van der Waals surface area contributed by atoms with Gasteiger partial charge in [0, 0.05) is 11.3 Å². The summed E-state index contributed by atoms with van der Waals surface area (Å²) in [6.45, 7) is 0. The zero-order valence-electron chi connectivity index (χ0n) is 9.71. The molecule has 2 nitrogen and oxygen atoms in total. The van der Waals surface area contributed by atoms with E-state index in [2.05, 4.69) is 22.0 Å². The molecule has 0 fully saturated rings. The minimum Gasteiger partial charge on any atom is -0.398 e. The Morgan fingerprint density at radius 3 is 2.88 bits per heavy atom. The van der Waals surface area contributed by atoms with Crippen molar-refractivity contribution in [2.75, 3.05) is 5.73 Å². The van der Waals surface area contributed by atoms with Crippen molar-refractivity contribution < 1.29 is 4.79 Å². The molecule has 0 radical (unpaired) electrons. The highest BCUT2D eigenvalue weighted by Gasteiger charge is 2.17. The summed E-state index contributed by atoms with van der Waals surface area (Å²) < 4.78 is 0.718. The Bertz CT molecular complexity index is 465. The average molecular weight is 294 g/mol. The number of hydrogen-bond donors (Lipinski definition) is 1. The number of nitrogen functional groups attached to an aromatic ring is 1. The minimum absolute atomic E-state index is 0.117. The maximum Gasteiger partial charge on any atom is 0.189 e. The molecule has 3 heteroatoms. The molecule has 0 bridgehead atoms. The van der Waals surface area contributed by atoms with Crippen LogP contribution in [0.4, 0.5) is 5.69 Å². The number of halogens is 1. The van der Waals surface area contributed by atoms with Crippen LogP contribution in [-0.2, 0) is 0 Å². The van der Waals surface area contributed by atoms with Crippen molar-refractivity contribution in [1.82, 2.24) is 0 Å². The third-order valence-corrected chi connectivity index (χ3v) is 3.99. The Balaban J connectivity index is 2.30. The number of Topliss-reactive ketones (excluding diaryl/α,β-unsaturated/α-hetero) is 1. The van der Waals surface area contributed by atoms with Crippen LogP contribution in [-0.4, -0.2) is 5.78 Å². The molecule has 0 aromatic heterocycles. The van der Waals surface area contributed by atoms with Crippen LogP contribution in [0.2, 0.25) is 0 Å². The first-order valence-corrected chi connectivity index (χ1v) is 6.77. The van der Waals surface area contributed by atoms with Crippen molar-refractivity contribution in [3.05, 3.63) is 39.9 Å². The third-order valence-electron chi connectivity index (χ3n) is 3.11. The molecule has 0 unspecified atom stereocenters. The van der Waals surface area contributed by atoms with Crippen molar-refractivity contribution >= 4 is 27.4 Å². The van der Waals surface area contributed by atoms with Crippen molar-refractivity contribution in [3.8, 4) is 0 Å². The van der Waals surface area contributed by atoms with Crippen LogP contribution in [0.1, 0.15) is 42.5 Å². The molecule has 90 valence electrons. The molecule has 1 aliphatic rings. The lowest BCUT2D eigenvalue weighted by atomic mass is 9.99. The Morgan fingerprint density at radius 1 is 1.24 bits per heavy atom. The molecular formula is C14H16BrNO. The number of nitrogens with two attached hydrogens (primary N) is 1. The lowest BCUT2D eigenvalue weighted by Crippen LogP contribution is -2.05. The SMILES string of the molecule is Nc1cccc(C(=O)C2=CCCCCC2)c1Br. The lowest BCUT2D eigenvalue weighted by molar-refractivity contribution is 0.103. The second-order valence-electron chi connectivity index (χ2n) is 4.37. The van der Waals surface area contributed by atoms with E-state index in [1.165, 1.54) is 12.8 Å². The molecule has 2 N–H and O–H groups in total. The fourth-order valence-corrected chi connectivity index (χ4v) is 2.56. The quantitative estimate of drug-likeness (QED) is 0.659. The van der Waals surface area contributed by atoms with Crippen LogP contribution in [0.3, 0.4) is 0 Å². The number of carbonyl (C=O) groups is 1. The van der Waals surface area contributed by atoms with E-state index in [0.717, 1.165) is 29.3 Å². The second-order valence-corrected chi connectivity index (χ2v) is 5.16. The zero-order valence-corrected chi connectivity index (χ0v) is 11.3. The number of carbonyl (C=O) groups excluding carboxylic acids is 1. The highest BCUT2D eigenvalue weighted by atomic mass is 79.9. The fourth-order valence-electron chi connectivity index (χ4n) is 2.12. The molecule has 0 spiro atoms. The van der Waals surface area contributed by atoms with E-state index in [-0.39, 0.29) is 5.78 Å². The van der Waals surface area contributed by atoms with E-state index in [1.54, 1.807) is 6.07 Å². The maximum absolute atomic E-state index is 12.4. The standard InChI is InChI=1S/C14H16BrNO/c15-13-11(8-5-9-12(13)16)14(17)10-6-3-1-2-4-7-10/h5-6,8-9H,1-4,7,16H2. The van der Waals surface area contributed by atoms with Crippen molar-refractivity contribution in [2.24, 2.45) is 0 Å². The number of allylic oxidation sites excluding steroid dienone is 2. The predicted molar refractivity (Wildman–Crippen MR) is 74.1 cm³/mol. The van der Waals surface area contributed by atoms with E-state index < -0.39 is 0 Å². The van der Waals surface area contributed by atoms with Gasteiger partial charge in [-0.2, -0.15) is 0 Å². The van der Waals surface area contributed by atoms with Gasteiger partial charge in [-0.05, 0) is 59.3 Å². The molecule has 0 saturated carbocycles. The summed E-state index contributed by atoms with van der Waals surface area (Å²) in [4.78, 5) is 12.4. The first-order valence-electron chi connectivity index (χ1n) is 5.98. The van der Waals surface area contributed by atoms with Gasteiger partial charge < -0.3 is 5.73 Å². The summed E-state index contributed by atoms with van der Waals surface area (Å²) in [7, 11) is 0. The molecule has 1 aromatic carbocycles. The van der Waals surface area contributed by atoms with Gasteiger partial charge in [-0.15, -0.1) is 0 Å². The summed E-state index contributed by atoms with van der Waals surface area (Å²) in [5.41, 5.74) is 8.03. The normalized spacial score (nSPS) is 16.2. The van der Waals surface area contributed by atoms with Crippen molar-refractivity contribution in [2.45, 2.75) is 32.1 Å². The second kappa shape index (κ2) is 5.50. The van der Waals surface area contributed by atoms with E-state index in [9.17, 15) is 4.79 Å². The number of hydrogen-bond acceptors (Lipinski definition) is 2. The first-order chi connectivity index (χ1) is 8.20. The Labute approximate surface area is 110 Å². The molecule has 1 aliphatic carbocycles. The van der Waals surface area contributed by atoms with Crippen molar-refractivity contribution in [3.63, 3.8) is 0 Å². The van der Waals surface area contributed by atoms with Crippen LogP contribution in [0, 0.1) is 0 Å². The average Bonchev–Trinajstić information content (AvgIpc) is 2.60. The minimum atomic E-state index is 0.117. The van der Waals surface area contributed by atoms with Gasteiger partial charge in [0.25, 0.3) is 0 Å². The predicted octanol–water partition coefficient (Wildman–Crippen LogP) is 4.10. The van der Waals surface area contributed by atoms with Crippen molar-refractivity contribution in [1.29, 1.82) is 0 Å². The van der Waals surface area contributed by atoms with Crippen LogP contribution >= 0.6 is 15.9 Å². The van der Waals surface area contributed by atoms with Gasteiger partial charge >= 0.3 is 0 Å². The van der Waals surface area contributed by atoms with Crippen LogP contribution in [0.5, 0.6) is 0 Å². The Hall–Kier alpha value is -1.09. The molecule has 1 aromatic rings. The summed E-state index contributed by atoms with van der Waals surface area (Å²) in [6.07, 6.45) is 7.50. The smallest absolute Gasteiger partial charge is 0.189 e. The van der Waals surface area contributed by atoms with Gasteiger partial charge in [-0.1, -0.05) is 18.6 Å². The molecule has 17 heavy (non-hydrogen) atoms. The molecule has 0 heterocycles. The van der Waals surface area contributed by atoms with E-state index in [1.807, 2.05) is 12.1 Å².